The van der Waals surface area contributed by atoms with E-state index in [0.717, 1.165) is 36.7 Å². The predicted octanol–water partition coefficient (Wildman–Crippen LogP) is 5.55. The average Bonchev–Trinajstić information content (AvgIpc) is 3.18. The molecule has 0 aliphatic rings. The van der Waals surface area contributed by atoms with Crippen LogP contribution in [0.2, 0.25) is 0 Å². The second-order valence-corrected chi connectivity index (χ2v) is 9.77. The van der Waals surface area contributed by atoms with E-state index in [9.17, 15) is 4.79 Å². The lowest BCUT2D eigenvalue weighted by molar-refractivity contribution is 0.414. The Morgan fingerprint density at radius 2 is 1.72 bits per heavy atom. The van der Waals surface area contributed by atoms with E-state index in [4.69, 9.17) is 9.15 Å². The third-order valence-electron chi connectivity index (χ3n) is 4.25. The Bertz CT molecular complexity index is 1190. The summed E-state index contributed by atoms with van der Waals surface area (Å²) in [6.07, 6.45) is 0. The minimum absolute atomic E-state index is 0.327. The van der Waals surface area contributed by atoms with E-state index in [2.05, 4.69) is 22.3 Å². The topological polar surface area (TPSA) is 65.2 Å². The van der Waals surface area contributed by atoms with Crippen LogP contribution in [0.25, 0.3) is 11.0 Å². The number of fused-ring (bicyclic) bond motifs is 1. The van der Waals surface area contributed by atoms with Crippen molar-refractivity contribution < 1.29 is 9.15 Å². The number of rotatable bonds is 7. The lowest BCUT2D eigenvalue weighted by atomic mass is 10.1. The van der Waals surface area contributed by atoms with Crippen LogP contribution < -0.4 is 10.4 Å². The molecule has 0 bridgehead atoms. The molecule has 0 fully saturated rings. The fraction of sp³-hybridized carbons (Fsp3) is 0.190. The minimum Gasteiger partial charge on any atom is -0.497 e. The van der Waals surface area contributed by atoms with Crippen molar-refractivity contribution in [2.45, 2.75) is 27.1 Å². The first-order valence-electron chi connectivity index (χ1n) is 8.86. The highest BCUT2D eigenvalue weighted by atomic mass is 32.2. The quantitative estimate of drug-likeness (QED) is 0.275. The van der Waals surface area contributed by atoms with Crippen molar-refractivity contribution in [2.24, 2.45) is 0 Å². The summed E-state index contributed by atoms with van der Waals surface area (Å²) in [4.78, 5) is 11.9. The zero-order valence-electron chi connectivity index (χ0n) is 15.9. The van der Waals surface area contributed by atoms with E-state index in [1.165, 1.54) is 5.56 Å². The Hall–Kier alpha value is -2.29. The van der Waals surface area contributed by atoms with Crippen molar-refractivity contribution in [3.8, 4) is 5.75 Å². The van der Waals surface area contributed by atoms with E-state index in [1.54, 1.807) is 48.0 Å². The minimum atomic E-state index is -0.327. The van der Waals surface area contributed by atoms with E-state index in [0.29, 0.717) is 11.3 Å². The molecule has 0 atom stereocenters. The summed E-state index contributed by atoms with van der Waals surface area (Å²) < 4.78 is 12.3. The number of ether oxygens (including phenoxy) is 1. The molecule has 29 heavy (non-hydrogen) atoms. The van der Waals surface area contributed by atoms with E-state index >= 15 is 0 Å². The van der Waals surface area contributed by atoms with Crippen LogP contribution in [0.1, 0.15) is 16.7 Å². The van der Waals surface area contributed by atoms with Gasteiger partial charge in [-0.2, -0.15) is 0 Å². The fourth-order valence-corrected chi connectivity index (χ4v) is 5.74. The summed E-state index contributed by atoms with van der Waals surface area (Å²) in [6, 6.07) is 15.5. The smallest absolute Gasteiger partial charge is 0.336 e. The summed E-state index contributed by atoms with van der Waals surface area (Å²) in [5.41, 5.74) is 3.52. The second kappa shape index (κ2) is 9.02. The largest absolute Gasteiger partial charge is 0.497 e. The summed E-state index contributed by atoms with van der Waals surface area (Å²) in [6.45, 7) is 1.98. The zero-order chi connectivity index (χ0) is 20.2. The molecule has 8 heteroatoms. The Morgan fingerprint density at radius 3 is 2.45 bits per heavy atom. The van der Waals surface area contributed by atoms with Gasteiger partial charge in [-0.15, -0.1) is 10.2 Å². The van der Waals surface area contributed by atoms with Crippen molar-refractivity contribution >= 4 is 45.8 Å². The van der Waals surface area contributed by atoms with Gasteiger partial charge in [0.2, 0.25) is 0 Å². The van der Waals surface area contributed by atoms with E-state index in [1.807, 2.05) is 37.3 Å². The lowest BCUT2D eigenvalue weighted by Gasteiger charge is -2.04. The van der Waals surface area contributed by atoms with Gasteiger partial charge in [0.25, 0.3) is 0 Å². The molecule has 0 aliphatic heterocycles. The molecular weight excluding hydrogens is 424 g/mol. The highest BCUT2D eigenvalue weighted by molar-refractivity contribution is 8.02. The van der Waals surface area contributed by atoms with Crippen LogP contribution in [-0.2, 0) is 11.5 Å². The number of thioether (sulfide) groups is 2. The van der Waals surface area contributed by atoms with Crippen molar-refractivity contribution in [3.63, 3.8) is 0 Å². The van der Waals surface area contributed by atoms with E-state index < -0.39 is 0 Å². The molecule has 0 saturated heterocycles. The Balaban J connectivity index is 1.40. The molecule has 0 radical (unpaired) electrons. The standard InChI is InChI=1S/C21H18N2O3S3/c1-13-3-8-17-15(10-19(24)26-18(17)9-13)12-28-21-23-22-20(29-21)27-11-14-4-6-16(25-2)7-5-14/h3-10H,11-12H2,1-2H3. The molecule has 4 rings (SSSR count). The van der Waals surface area contributed by atoms with Crippen LogP contribution in [0.4, 0.5) is 0 Å². The predicted molar refractivity (Wildman–Crippen MR) is 119 cm³/mol. The Morgan fingerprint density at radius 1 is 1.00 bits per heavy atom. The van der Waals surface area contributed by atoms with Crippen LogP contribution in [0.3, 0.4) is 0 Å². The number of nitrogens with zero attached hydrogens (tertiary/aromatic N) is 2. The highest BCUT2D eigenvalue weighted by Gasteiger charge is 2.10. The van der Waals surface area contributed by atoms with Gasteiger partial charge in [0.15, 0.2) is 8.68 Å². The molecule has 0 unspecified atom stereocenters. The molecule has 2 heterocycles. The first-order valence-corrected chi connectivity index (χ1v) is 11.6. The second-order valence-electron chi connectivity index (χ2n) is 6.35. The molecule has 4 aromatic rings. The van der Waals surface area contributed by atoms with Gasteiger partial charge in [-0.3, -0.25) is 0 Å². The molecule has 0 N–H and O–H groups in total. The normalized spacial score (nSPS) is 11.1. The Kier molecular flexibility index (Phi) is 6.22. The molecule has 0 aliphatic carbocycles. The molecular formula is C21H18N2O3S3. The maximum atomic E-state index is 11.9. The van der Waals surface area contributed by atoms with Crippen LogP contribution in [0, 0.1) is 6.92 Å². The van der Waals surface area contributed by atoms with Crippen molar-refractivity contribution in [1.82, 2.24) is 10.2 Å². The van der Waals surface area contributed by atoms with Crippen LogP contribution >= 0.6 is 34.9 Å². The number of methoxy groups -OCH3 is 1. The van der Waals surface area contributed by atoms with Gasteiger partial charge in [0.1, 0.15) is 11.3 Å². The number of aromatic nitrogens is 2. The van der Waals surface area contributed by atoms with Crippen LogP contribution in [0.5, 0.6) is 5.75 Å². The third kappa shape index (κ3) is 5.01. The molecule has 148 valence electrons. The molecule has 0 saturated carbocycles. The number of benzene rings is 2. The van der Waals surface area contributed by atoms with Gasteiger partial charge >= 0.3 is 5.63 Å². The monoisotopic (exact) mass is 442 g/mol. The highest BCUT2D eigenvalue weighted by Crippen LogP contribution is 2.33. The molecule has 0 spiro atoms. The van der Waals surface area contributed by atoms with Crippen molar-refractivity contribution in [3.05, 3.63) is 75.6 Å². The third-order valence-corrected chi connectivity index (χ3v) is 7.56. The molecule has 0 amide bonds. The zero-order valence-corrected chi connectivity index (χ0v) is 18.3. The van der Waals surface area contributed by atoms with Gasteiger partial charge < -0.3 is 9.15 Å². The van der Waals surface area contributed by atoms with Gasteiger partial charge in [-0.25, -0.2) is 4.79 Å². The van der Waals surface area contributed by atoms with Crippen LogP contribution in [-0.4, -0.2) is 17.3 Å². The summed E-state index contributed by atoms with van der Waals surface area (Å²) in [5, 5.41) is 9.51. The number of hydrogen-bond donors (Lipinski definition) is 0. The molecule has 5 nitrogen and oxygen atoms in total. The molecule has 2 aromatic heterocycles. The average molecular weight is 443 g/mol. The first kappa shape index (κ1) is 20.0. The van der Waals surface area contributed by atoms with Crippen molar-refractivity contribution in [1.29, 1.82) is 0 Å². The van der Waals surface area contributed by atoms with E-state index in [-0.39, 0.29) is 5.63 Å². The fourth-order valence-electron chi connectivity index (χ4n) is 2.78. The van der Waals surface area contributed by atoms with Gasteiger partial charge in [-0.05, 0) is 41.8 Å². The maximum Gasteiger partial charge on any atom is 0.336 e. The van der Waals surface area contributed by atoms with Crippen LogP contribution in [0.15, 0.2) is 66.4 Å². The summed E-state index contributed by atoms with van der Waals surface area (Å²) in [7, 11) is 1.66. The summed E-state index contributed by atoms with van der Waals surface area (Å²) >= 11 is 4.81. The van der Waals surface area contributed by atoms with Gasteiger partial charge in [-0.1, -0.05) is 59.1 Å². The van der Waals surface area contributed by atoms with Gasteiger partial charge in [0, 0.05) is 23.0 Å². The number of hydrogen-bond acceptors (Lipinski definition) is 8. The summed E-state index contributed by atoms with van der Waals surface area (Å²) in [5.74, 6) is 2.32. The lowest BCUT2D eigenvalue weighted by Crippen LogP contribution is -2.00. The maximum absolute atomic E-state index is 11.9. The Labute approximate surface area is 180 Å². The van der Waals surface area contributed by atoms with Gasteiger partial charge in [0.05, 0.1) is 7.11 Å². The van der Waals surface area contributed by atoms with Crippen molar-refractivity contribution in [2.75, 3.05) is 7.11 Å². The SMILES string of the molecule is COc1ccc(CSc2nnc(SCc3cc(=O)oc4cc(C)ccc34)s2)cc1. The number of aryl methyl sites for hydroxylation is 1. The molecule has 2 aromatic carbocycles. The first-order chi connectivity index (χ1) is 14.1.